The highest BCUT2D eigenvalue weighted by atomic mass is 79.9. The Bertz CT molecular complexity index is 409. The molecule has 1 unspecified atom stereocenters. The van der Waals surface area contributed by atoms with Gasteiger partial charge in [-0.05, 0) is 47.0 Å². The van der Waals surface area contributed by atoms with Gasteiger partial charge in [-0.25, -0.2) is 9.18 Å². The molecule has 0 radical (unpaired) electrons. The molecule has 0 aliphatic rings. The minimum absolute atomic E-state index is 0.320. The number of hydrogen-bond acceptors (Lipinski definition) is 2. The van der Waals surface area contributed by atoms with Crippen molar-refractivity contribution >= 4 is 27.6 Å². The van der Waals surface area contributed by atoms with Gasteiger partial charge in [0.25, 0.3) is 0 Å². The molecule has 0 spiro atoms. The molecule has 0 aliphatic heterocycles. The molecule has 0 amide bonds. The molecule has 16 heavy (non-hydrogen) atoms. The van der Waals surface area contributed by atoms with Crippen molar-refractivity contribution in [2.45, 2.75) is 26.3 Å². The second kappa shape index (κ2) is 5.30. The van der Waals surface area contributed by atoms with Crippen LogP contribution in [0.25, 0.3) is 0 Å². The van der Waals surface area contributed by atoms with E-state index in [1.807, 2.05) is 0 Å². The van der Waals surface area contributed by atoms with Crippen LogP contribution in [-0.2, 0) is 4.79 Å². The van der Waals surface area contributed by atoms with Crippen LogP contribution >= 0.6 is 15.9 Å². The Hall–Kier alpha value is -1.10. The zero-order valence-electron chi connectivity index (χ0n) is 9.05. The van der Waals surface area contributed by atoms with E-state index in [2.05, 4.69) is 21.2 Å². The maximum atomic E-state index is 13.1. The largest absolute Gasteiger partial charge is 0.480 e. The summed E-state index contributed by atoms with van der Waals surface area (Å²) >= 11 is 3.07. The second-order valence-electron chi connectivity index (χ2n) is 3.52. The van der Waals surface area contributed by atoms with Crippen molar-refractivity contribution in [1.82, 2.24) is 0 Å². The summed E-state index contributed by atoms with van der Waals surface area (Å²) in [7, 11) is 0. The van der Waals surface area contributed by atoms with E-state index in [1.54, 1.807) is 19.9 Å². The zero-order chi connectivity index (χ0) is 12.3. The number of anilines is 1. The van der Waals surface area contributed by atoms with Crippen LogP contribution in [0, 0.1) is 12.7 Å². The van der Waals surface area contributed by atoms with E-state index in [9.17, 15) is 9.18 Å². The normalized spacial score (nSPS) is 12.2. The maximum absolute atomic E-state index is 13.1. The Morgan fingerprint density at radius 3 is 2.75 bits per heavy atom. The van der Waals surface area contributed by atoms with Gasteiger partial charge >= 0.3 is 5.97 Å². The Balaban J connectivity index is 2.96. The summed E-state index contributed by atoms with van der Waals surface area (Å²) in [6.45, 7) is 3.51. The standard InChI is InChI=1S/C11H13BrFNO2/c1-3-9(11(15)16)14-10-5-7(12)8(13)4-6(10)2/h4-5,9,14H,3H2,1-2H3,(H,15,16). The number of aliphatic carboxylic acids is 1. The molecule has 0 fully saturated rings. The van der Waals surface area contributed by atoms with E-state index in [0.29, 0.717) is 22.1 Å². The summed E-state index contributed by atoms with van der Waals surface area (Å²) in [5.41, 5.74) is 1.31. The van der Waals surface area contributed by atoms with Gasteiger partial charge in [-0.2, -0.15) is 0 Å². The van der Waals surface area contributed by atoms with Gasteiger partial charge < -0.3 is 10.4 Å². The van der Waals surface area contributed by atoms with Crippen LogP contribution in [0.5, 0.6) is 0 Å². The molecule has 5 heteroatoms. The molecule has 0 saturated heterocycles. The van der Waals surface area contributed by atoms with Crippen molar-refractivity contribution in [3.63, 3.8) is 0 Å². The quantitative estimate of drug-likeness (QED) is 0.895. The number of benzene rings is 1. The highest BCUT2D eigenvalue weighted by Crippen LogP contribution is 2.25. The van der Waals surface area contributed by atoms with E-state index in [-0.39, 0.29) is 5.82 Å². The number of carboxylic acid groups (broad SMARTS) is 1. The SMILES string of the molecule is CCC(Nc1cc(Br)c(F)cc1C)C(=O)O. The third-order valence-corrected chi connectivity index (χ3v) is 2.91. The first-order valence-corrected chi connectivity index (χ1v) is 5.70. The summed E-state index contributed by atoms with van der Waals surface area (Å²) < 4.78 is 13.5. The summed E-state index contributed by atoms with van der Waals surface area (Å²) in [4.78, 5) is 10.8. The highest BCUT2D eigenvalue weighted by molar-refractivity contribution is 9.10. The van der Waals surface area contributed by atoms with Gasteiger partial charge in [-0.3, -0.25) is 0 Å². The first kappa shape index (κ1) is 13.0. The van der Waals surface area contributed by atoms with Crippen molar-refractivity contribution in [2.75, 3.05) is 5.32 Å². The van der Waals surface area contributed by atoms with Gasteiger partial charge in [0.15, 0.2) is 0 Å². The van der Waals surface area contributed by atoms with Crippen LogP contribution in [0.15, 0.2) is 16.6 Å². The van der Waals surface area contributed by atoms with Crippen LogP contribution in [0.1, 0.15) is 18.9 Å². The van der Waals surface area contributed by atoms with E-state index in [0.717, 1.165) is 0 Å². The predicted octanol–water partition coefficient (Wildman–Crippen LogP) is 3.17. The average molecular weight is 290 g/mol. The lowest BCUT2D eigenvalue weighted by atomic mass is 10.1. The van der Waals surface area contributed by atoms with E-state index < -0.39 is 12.0 Å². The van der Waals surface area contributed by atoms with Gasteiger partial charge in [-0.15, -0.1) is 0 Å². The molecule has 0 heterocycles. The minimum Gasteiger partial charge on any atom is -0.480 e. The monoisotopic (exact) mass is 289 g/mol. The van der Waals surface area contributed by atoms with Crippen LogP contribution in [0.4, 0.5) is 10.1 Å². The minimum atomic E-state index is -0.914. The number of aryl methyl sites for hydroxylation is 1. The zero-order valence-corrected chi connectivity index (χ0v) is 10.6. The van der Waals surface area contributed by atoms with E-state index in [1.165, 1.54) is 6.07 Å². The molecule has 1 atom stereocenters. The van der Waals surface area contributed by atoms with E-state index >= 15 is 0 Å². The first-order chi connectivity index (χ1) is 7.45. The molecule has 0 bridgehead atoms. The van der Waals surface area contributed by atoms with Crippen molar-refractivity contribution < 1.29 is 14.3 Å². The smallest absolute Gasteiger partial charge is 0.326 e. The molecular weight excluding hydrogens is 277 g/mol. The highest BCUT2D eigenvalue weighted by Gasteiger charge is 2.16. The van der Waals surface area contributed by atoms with Gasteiger partial charge in [0.1, 0.15) is 11.9 Å². The molecular formula is C11H13BrFNO2. The molecule has 1 aromatic rings. The summed E-state index contributed by atoms with van der Waals surface area (Å²) in [5.74, 6) is -1.27. The second-order valence-corrected chi connectivity index (χ2v) is 4.38. The molecule has 1 aromatic carbocycles. The lowest BCUT2D eigenvalue weighted by molar-refractivity contribution is -0.137. The fraction of sp³-hybridized carbons (Fsp3) is 0.364. The first-order valence-electron chi connectivity index (χ1n) is 4.90. The maximum Gasteiger partial charge on any atom is 0.326 e. The van der Waals surface area contributed by atoms with Crippen molar-refractivity contribution in [2.24, 2.45) is 0 Å². The number of carboxylic acids is 1. The molecule has 0 aromatic heterocycles. The Labute approximate surface area is 102 Å². The molecule has 3 nitrogen and oxygen atoms in total. The summed E-state index contributed by atoms with van der Waals surface area (Å²) in [5, 5.41) is 11.8. The van der Waals surface area contributed by atoms with Gasteiger partial charge in [-0.1, -0.05) is 6.92 Å². The Morgan fingerprint density at radius 1 is 1.62 bits per heavy atom. The van der Waals surface area contributed by atoms with Crippen molar-refractivity contribution in [1.29, 1.82) is 0 Å². The number of halogens is 2. The fourth-order valence-electron chi connectivity index (χ4n) is 1.33. The molecule has 2 N–H and O–H groups in total. The van der Waals surface area contributed by atoms with Gasteiger partial charge in [0.2, 0.25) is 0 Å². The van der Waals surface area contributed by atoms with Crippen molar-refractivity contribution in [3.8, 4) is 0 Å². The van der Waals surface area contributed by atoms with Crippen molar-refractivity contribution in [3.05, 3.63) is 28.0 Å². The topological polar surface area (TPSA) is 49.3 Å². The number of hydrogen-bond donors (Lipinski definition) is 2. The number of nitrogens with one attached hydrogen (secondary N) is 1. The number of carbonyl (C=O) groups is 1. The van der Waals surface area contributed by atoms with Gasteiger partial charge in [0.05, 0.1) is 4.47 Å². The average Bonchev–Trinajstić information content (AvgIpc) is 2.21. The lowest BCUT2D eigenvalue weighted by Gasteiger charge is -2.16. The molecule has 88 valence electrons. The molecule has 0 aliphatic carbocycles. The third kappa shape index (κ3) is 2.95. The Kier molecular flexibility index (Phi) is 4.29. The molecule has 1 rings (SSSR count). The van der Waals surface area contributed by atoms with Gasteiger partial charge in [0, 0.05) is 5.69 Å². The third-order valence-electron chi connectivity index (χ3n) is 2.30. The van der Waals surface area contributed by atoms with Crippen LogP contribution in [0.2, 0.25) is 0 Å². The Morgan fingerprint density at radius 2 is 2.25 bits per heavy atom. The summed E-state index contributed by atoms with van der Waals surface area (Å²) in [6.07, 6.45) is 0.462. The van der Waals surface area contributed by atoms with Crippen LogP contribution < -0.4 is 5.32 Å². The van der Waals surface area contributed by atoms with E-state index in [4.69, 9.17) is 5.11 Å². The van der Waals surface area contributed by atoms with Crippen LogP contribution in [-0.4, -0.2) is 17.1 Å². The van der Waals surface area contributed by atoms with Crippen LogP contribution in [0.3, 0.4) is 0 Å². The summed E-state index contributed by atoms with van der Waals surface area (Å²) in [6, 6.07) is 2.26. The predicted molar refractivity (Wildman–Crippen MR) is 64.2 cm³/mol. The fourth-order valence-corrected chi connectivity index (χ4v) is 1.67. The number of rotatable bonds is 4. The lowest BCUT2D eigenvalue weighted by Crippen LogP contribution is -2.28. The molecule has 0 saturated carbocycles.